The van der Waals surface area contributed by atoms with Crippen LogP contribution in [0, 0.1) is 0 Å². The maximum Gasteiger partial charge on any atom is 0.407 e. The van der Waals surface area contributed by atoms with Crippen LogP contribution in [-0.4, -0.2) is 43.4 Å². The molecule has 2 rings (SSSR count). The molecule has 0 aliphatic carbocycles. The van der Waals surface area contributed by atoms with E-state index < -0.39 is 12.1 Å². The Bertz CT molecular complexity index is 532. The van der Waals surface area contributed by atoms with Crippen LogP contribution in [0.1, 0.15) is 16.8 Å². The van der Waals surface area contributed by atoms with Gasteiger partial charge in [-0.25, -0.2) is 9.59 Å². The van der Waals surface area contributed by atoms with Crippen molar-refractivity contribution in [3.05, 3.63) is 23.8 Å². The fourth-order valence-electron chi connectivity index (χ4n) is 2.39. The second-order valence-corrected chi connectivity index (χ2v) is 4.62. The van der Waals surface area contributed by atoms with E-state index in [4.69, 9.17) is 5.73 Å². The number of ether oxygens (including phenoxy) is 1. The second-order valence-electron chi connectivity index (χ2n) is 4.62. The minimum absolute atomic E-state index is 0.0799. The highest BCUT2D eigenvalue weighted by atomic mass is 16.5. The minimum Gasteiger partial charge on any atom is -0.478 e. The zero-order valence-corrected chi connectivity index (χ0v) is 11.1. The molecule has 4 N–H and O–H groups in total. The van der Waals surface area contributed by atoms with Gasteiger partial charge in [0.15, 0.2) is 0 Å². The number of alkyl carbamates (subject to hydrolysis) is 1. The van der Waals surface area contributed by atoms with Crippen LogP contribution in [0.2, 0.25) is 0 Å². The second kappa shape index (κ2) is 5.68. The molecule has 0 aromatic heterocycles. The van der Waals surface area contributed by atoms with Gasteiger partial charge in [-0.05, 0) is 18.6 Å². The summed E-state index contributed by atoms with van der Waals surface area (Å²) < 4.78 is 4.55. The number of nitrogens with zero attached hydrogens (tertiary/aromatic N) is 1. The average molecular weight is 279 g/mol. The molecule has 1 aliphatic rings. The largest absolute Gasteiger partial charge is 0.478 e. The lowest BCUT2D eigenvalue weighted by Crippen LogP contribution is -2.37. The van der Waals surface area contributed by atoms with Crippen LogP contribution in [0.3, 0.4) is 0 Å². The van der Waals surface area contributed by atoms with Gasteiger partial charge in [-0.3, -0.25) is 0 Å². The summed E-state index contributed by atoms with van der Waals surface area (Å²) in [7, 11) is 1.31. The normalized spacial score (nSPS) is 17.9. The highest BCUT2D eigenvalue weighted by molar-refractivity contribution is 5.98. The van der Waals surface area contributed by atoms with E-state index in [2.05, 4.69) is 10.1 Å². The fourth-order valence-corrected chi connectivity index (χ4v) is 2.39. The molecule has 1 saturated heterocycles. The topological polar surface area (TPSA) is 105 Å². The van der Waals surface area contributed by atoms with Crippen LogP contribution >= 0.6 is 0 Å². The van der Waals surface area contributed by atoms with E-state index in [1.807, 2.05) is 4.90 Å². The monoisotopic (exact) mass is 279 g/mol. The summed E-state index contributed by atoms with van der Waals surface area (Å²) in [5.74, 6) is -1.02. The molecule has 0 saturated carbocycles. The Morgan fingerprint density at radius 3 is 2.90 bits per heavy atom. The fraction of sp³-hybridized carbons (Fsp3) is 0.385. The smallest absolute Gasteiger partial charge is 0.407 e. The van der Waals surface area contributed by atoms with Gasteiger partial charge in [0.25, 0.3) is 0 Å². The molecule has 1 atom stereocenters. The minimum atomic E-state index is -1.02. The Morgan fingerprint density at radius 1 is 1.50 bits per heavy atom. The molecule has 1 unspecified atom stereocenters. The first-order chi connectivity index (χ1) is 9.52. The number of anilines is 2. The predicted octanol–water partition coefficient (Wildman–Crippen LogP) is 0.902. The highest BCUT2D eigenvalue weighted by Gasteiger charge is 2.28. The molecule has 0 radical (unpaired) electrons. The third kappa shape index (κ3) is 2.76. The Morgan fingerprint density at radius 2 is 2.25 bits per heavy atom. The van der Waals surface area contributed by atoms with Crippen LogP contribution in [-0.2, 0) is 4.74 Å². The van der Waals surface area contributed by atoms with Gasteiger partial charge in [0.1, 0.15) is 0 Å². The van der Waals surface area contributed by atoms with Gasteiger partial charge in [0.2, 0.25) is 0 Å². The van der Waals surface area contributed by atoms with Crippen molar-refractivity contribution in [1.29, 1.82) is 0 Å². The number of methoxy groups -OCH3 is 1. The van der Waals surface area contributed by atoms with Crippen molar-refractivity contribution in [2.75, 3.05) is 30.8 Å². The van der Waals surface area contributed by atoms with Gasteiger partial charge in [-0.15, -0.1) is 0 Å². The van der Waals surface area contributed by atoms with Crippen molar-refractivity contribution < 1.29 is 19.4 Å². The summed E-state index contributed by atoms with van der Waals surface area (Å²) in [6.45, 7) is 1.13. The molecule has 1 heterocycles. The van der Waals surface area contributed by atoms with E-state index in [0.29, 0.717) is 30.9 Å². The molecule has 7 nitrogen and oxygen atoms in total. The molecule has 1 amide bonds. The number of amides is 1. The van der Waals surface area contributed by atoms with E-state index >= 15 is 0 Å². The first-order valence-corrected chi connectivity index (χ1v) is 6.24. The molecule has 0 bridgehead atoms. The molecule has 7 heteroatoms. The number of carboxylic acids is 1. The Hall–Kier alpha value is -2.44. The van der Waals surface area contributed by atoms with Crippen molar-refractivity contribution >= 4 is 23.4 Å². The van der Waals surface area contributed by atoms with E-state index in [-0.39, 0.29) is 11.6 Å². The number of carboxylic acid groups (broad SMARTS) is 1. The lowest BCUT2D eigenvalue weighted by atomic mass is 10.1. The Labute approximate surface area is 116 Å². The number of nitrogens with two attached hydrogens (primary N) is 1. The maximum absolute atomic E-state index is 11.3. The molecular formula is C13H17N3O4. The van der Waals surface area contributed by atoms with Crippen LogP contribution in [0.25, 0.3) is 0 Å². The standard InChI is InChI=1S/C13H17N3O4/c1-20-13(19)15-8-5-6-16(7-8)11-9(12(17)18)3-2-4-10(11)14/h2-4,8H,5-7,14H2,1H3,(H,15,19)(H,17,18). The summed E-state index contributed by atoms with van der Waals surface area (Å²) in [4.78, 5) is 24.3. The lowest BCUT2D eigenvalue weighted by Gasteiger charge is -2.22. The first kappa shape index (κ1) is 14.0. The van der Waals surface area contributed by atoms with Crippen molar-refractivity contribution in [3.63, 3.8) is 0 Å². The summed E-state index contributed by atoms with van der Waals surface area (Å²) in [6.07, 6.45) is 0.221. The molecule has 1 aromatic carbocycles. The number of benzene rings is 1. The van der Waals surface area contributed by atoms with Gasteiger partial charge in [0.05, 0.1) is 30.1 Å². The number of hydrogen-bond acceptors (Lipinski definition) is 5. The molecule has 108 valence electrons. The number of carbonyl (C=O) groups excluding carboxylic acids is 1. The first-order valence-electron chi connectivity index (χ1n) is 6.24. The SMILES string of the molecule is COC(=O)NC1CCN(c2c(N)cccc2C(=O)O)C1. The van der Waals surface area contributed by atoms with Gasteiger partial charge in [0, 0.05) is 13.1 Å². The van der Waals surface area contributed by atoms with Gasteiger partial charge >= 0.3 is 12.1 Å². The molecule has 1 fully saturated rings. The van der Waals surface area contributed by atoms with E-state index in [1.165, 1.54) is 13.2 Å². The number of nitrogen functional groups attached to an aromatic ring is 1. The van der Waals surface area contributed by atoms with Crippen LogP contribution in [0.4, 0.5) is 16.2 Å². The van der Waals surface area contributed by atoms with Gasteiger partial charge in [-0.1, -0.05) is 6.07 Å². The zero-order chi connectivity index (χ0) is 14.7. The third-order valence-corrected chi connectivity index (χ3v) is 3.31. The molecular weight excluding hydrogens is 262 g/mol. The van der Waals surface area contributed by atoms with Crippen LogP contribution in [0.15, 0.2) is 18.2 Å². The molecule has 1 aromatic rings. The van der Waals surface area contributed by atoms with Crippen LogP contribution < -0.4 is 16.0 Å². The average Bonchev–Trinajstić information content (AvgIpc) is 2.86. The molecule has 0 spiro atoms. The Kier molecular flexibility index (Phi) is 3.97. The number of carbonyl (C=O) groups is 2. The lowest BCUT2D eigenvalue weighted by molar-refractivity contribution is 0.0697. The number of hydrogen-bond donors (Lipinski definition) is 3. The highest BCUT2D eigenvalue weighted by Crippen LogP contribution is 2.30. The number of aromatic carboxylic acids is 1. The third-order valence-electron chi connectivity index (χ3n) is 3.31. The van der Waals surface area contributed by atoms with Gasteiger partial charge in [-0.2, -0.15) is 0 Å². The van der Waals surface area contributed by atoms with Crippen LogP contribution in [0.5, 0.6) is 0 Å². The summed E-state index contributed by atoms with van der Waals surface area (Å²) in [5, 5.41) is 11.9. The van der Waals surface area contributed by atoms with E-state index in [9.17, 15) is 14.7 Å². The van der Waals surface area contributed by atoms with E-state index in [0.717, 1.165) is 0 Å². The summed E-state index contributed by atoms with van der Waals surface area (Å²) in [5.41, 5.74) is 6.99. The molecule has 20 heavy (non-hydrogen) atoms. The number of rotatable bonds is 3. The van der Waals surface area contributed by atoms with E-state index in [1.54, 1.807) is 12.1 Å². The quantitative estimate of drug-likeness (QED) is 0.710. The number of para-hydroxylation sites is 1. The number of nitrogens with one attached hydrogen (secondary N) is 1. The van der Waals surface area contributed by atoms with Crippen molar-refractivity contribution in [3.8, 4) is 0 Å². The zero-order valence-electron chi connectivity index (χ0n) is 11.1. The Balaban J connectivity index is 2.18. The van der Waals surface area contributed by atoms with Crippen molar-refractivity contribution in [1.82, 2.24) is 5.32 Å². The van der Waals surface area contributed by atoms with Crippen molar-refractivity contribution in [2.24, 2.45) is 0 Å². The van der Waals surface area contributed by atoms with Crippen molar-refractivity contribution in [2.45, 2.75) is 12.5 Å². The van der Waals surface area contributed by atoms with Gasteiger partial charge < -0.3 is 25.8 Å². The summed E-state index contributed by atoms with van der Waals surface area (Å²) >= 11 is 0. The maximum atomic E-state index is 11.3. The summed E-state index contributed by atoms with van der Waals surface area (Å²) in [6, 6.07) is 4.73. The molecule has 1 aliphatic heterocycles. The predicted molar refractivity (Wildman–Crippen MR) is 74.0 cm³/mol.